The van der Waals surface area contributed by atoms with Gasteiger partial charge in [-0.2, -0.15) is 5.53 Å². The highest BCUT2D eigenvalue weighted by Crippen LogP contribution is 2.29. The average Bonchev–Trinajstić information content (AvgIpc) is 3.34. The van der Waals surface area contributed by atoms with Crippen LogP contribution in [0.4, 0.5) is 15.9 Å². The molecule has 2 aliphatic heterocycles. The molecule has 0 aliphatic carbocycles. The molecule has 9 nitrogen and oxygen atoms in total. The largest absolute Gasteiger partial charge is 0.340 e. The number of pyridine rings is 1. The Morgan fingerprint density at radius 1 is 1.19 bits per heavy atom. The van der Waals surface area contributed by atoms with Gasteiger partial charge in [0.05, 0.1) is 12.2 Å². The van der Waals surface area contributed by atoms with Crippen LogP contribution >= 0.6 is 0 Å². The van der Waals surface area contributed by atoms with Crippen LogP contribution in [0.15, 0.2) is 48.8 Å². The van der Waals surface area contributed by atoms with Crippen LogP contribution in [0.1, 0.15) is 11.3 Å². The zero-order chi connectivity index (χ0) is 21.2. The van der Waals surface area contributed by atoms with Gasteiger partial charge in [0.1, 0.15) is 17.7 Å². The number of halogens is 1. The molecule has 1 aromatic carbocycles. The molecule has 4 N–H and O–H groups in total. The molecule has 0 bridgehead atoms. The van der Waals surface area contributed by atoms with Gasteiger partial charge < -0.3 is 10.2 Å². The van der Waals surface area contributed by atoms with Crippen LogP contribution in [0.2, 0.25) is 0 Å². The molecule has 158 valence electrons. The van der Waals surface area contributed by atoms with Crippen LogP contribution < -0.4 is 21.7 Å². The second-order valence-corrected chi connectivity index (χ2v) is 7.40. The Kier molecular flexibility index (Phi) is 5.24. The Labute approximate surface area is 178 Å². The lowest BCUT2D eigenvalue weighted by molar-refractivity contribution is -0.133. The molecule has 2 aliphatic rings. The third-order valence-corrected chi connectivity index (χ3v) is 5.34. The maximum Gasteiger partial charge on any atom is 0.242 e. The van der Waals surface area contributed by atoms with E-state index in [1.54, 1.807) is 29.4 Å². The summed E-state index contributed by atoms with van der Waals surface area (Å²) in [6.45, 7) is 1.45. The Bertz CT molecular complexity index is 1100. The van der Waals surface area contributed by atoms with E-state index in [-0.39, 0.29) is 17.8 Å². The van der Waals surface area contributed by atoms with E-state index < -0.39 is 0 Å². The monoisotopic (exact) mass is 420 g/mol. The zero-order valence-electron chi connectivity index (χ0n) is 16.6. The highest BCUT2D eigenvalue weighted by atomic mass is 19.1. The third-order valence-electron chi connectivity index (χ3n) is 5.34. The van der Waals surface area contributed by atoms with Gasteiger partial charge in [-0.1, -0.05) is 6.07 Å². The minimum absolute atomic E-state index is 0.00179. The van der Waals surface area contributed by atoms with E-state index in [0.717, 1.165) is 16.8 Å². The average molecular weight is 420 g/mol. The number of benzene rings is 1. The summed E-state index contributed by atoms with van der Waals surface area (Å²) in [4.78, 5) is 28.2. The van der Waals surface area contributed by atoms with E-state index in [1.165, 1.54) is 12.1 Å². The van der Waals surface area contributed by atoms with Crippen LogP contribution in [0.3, 0.4) is 0 Å². The maximum atomic E-state index is 13.7. The second-order valence-electron chi connectivity index (χ2n) is 7.40. The summed E-state index contributed by atoms with van der Waals surface area (Å²) in [6.07, 6.45) is 3.98. The number of nitrogens with one attached hydrogen (secondary N) is 4. The first kappa shape index (κ1) is 19.5. The first-order valence-corrected chi connectivity index (χ1v) is 10.0. The van der Waals surface area contributed by atoms with Crippen molar-refractivity contribution in [1.82, 2.24) is 36.2 Å². The summed E-state index contributed by atoms with van der Waals surface area (Å²) in [5.41, 5.74) is 11.7. The summed E-state index contributed by atoms with van der Waals surface area (Å²) < 4.78 is 13.7. The molecule has 1 fully saturated rings. The van der Waals surface area contributed by atoms with E-state index in [2.05, 4.69) is 26.7 Å². The van der Waals surface area contributed by atoms with Crippen molar-refractivity contribution in [3.63, 3.8) is 0 Å². The molecule has 1 saturated heterocycles. The minimum Gasteiger partial charge on any atom is -0.340 e. The summed E-state index contributed by atoms with van der Waals surface area (Å²) in [5, 5.41) is 3.23. The molecule has 2 aromatic heterocycles. The van der Waals surface area contributed by atoms with Crippen LogP contribution in [0.5, 0.6) is 0 Å². The normalized spacial score (nSPS) is 18.0. The first-order valence-electron chi connectivity index (χ1n) is 10.0. The number of hydrogen-bond acceptors (Lipinski definition) is 8. The Hall–Kier alpha value is -3.47. The van der Waals surface area contributed by atoms with E-state index in [4.69, 9.17) is 9.97 Å². The van der Waals surface area contributed by atoms with Crippen molar-refractivity contribution in [2.24, 2.45) is 0 Å². The number of amides is 1. The van der Waals surface area contributed by atoms with Crippen molar-refractivity contribution < 1.29 is 9.18 Å². The second kappa shape index (κ2) is 8.34. The molecule has 1 amide bonds. The van der Waals surface area contributed by atoms with Gasteiger partial charge in [-0.05, 0) is 30.3 Å². The number of rotatable bonds is 4. The number of aromatic nitrogens is 3. The summed E-state index contributed by atoms with van der Waals surface area (Å²) in [5.74, 6) is 0.783. The fraction of sp³-hybridized carbons (Fsp3) is 0.238. The molecule has 5 rings (SSSR count). The van der Waals surface area contributed by atoms with Gasteiger partial charge in [-0.25, -0.2) is 25.2 Å². The van der Waals surface area contributed by atoms with Crippen molar-refractivity contribution in [2.75, 3.05) is 18.4 Å². The number of carbonyl (C=O) groups is 1. The summed E-state index contributed by atoms with van der Waals surface area (Å²) in [6, 6.07) is 9.56. The number of fused-ring (bicyclic) bond motifs is 1. The van der Waals surface area contributed by atoms with E-state index >= 15 is 0 Å². The maximum absolute atomic E-state index is 13.7. The van der Waals surface area contributed by atoms with Gasteiger partial charge in [-0.3, -0.25) is 9.78 Å². The number of anilines is 2. The molecule has 31 heavy (non-hydrogen) atoms. The molecular weight excluding hydrogens is 399 g/mol. The van der Waals surface area contributed by atoms with Crippen molar-refractivity contribution in [3.05, 3.63) is 65.9 Å². The quantitative estimate of drug-likeness (QED) is 0.500. The number of nitrogens with zero attached hydrogens (tertiary/aromatic N) is 4. The van der Waals surface area contributed by atoms with Gasteiger partial charge in [0.15, 0.2) is 5.82 Å². The summed E-state index contributed by atoms with van der Waals surface area (Å²) in [7, 11) is 0. The molecular formula is C21H21FN8O. The van der Waals surface area contributed by atoms with Crippen molar-refractivity contribution in [3.8, 4) is 11.4 Å². The molecule has 0 radical (unpaired) electrons. The molecule has 1 atom stereocenters. The van der Waals surface area contributed by atoms with Crippen molar-refractivity contribution in [1.29, 1.82) is 0 Å². The Morgan fingerprint density at radius 3 is 2.84 bits per heavy atom. The lowest BCUT2D eigenvalue weighted by atomic mass is 10.0. The number of hydrogen-bond donors (Lipinski definition) is 4. The predicted molar refractivity (Wildman–Crippen MR) is 112 cm³/mol. The predicted octanol–water partition coefficient (Wildman–Crippen LogP) is 1.29. The smallest absolute Gasteiger partial charge is 0.242 e. The Morgan fingerprint density at radius 2 is 2.06 bits per heavy atom. The molecule has 1 unspecified atom stereocenters. The summed E-state index contributed by atoms with van der Waals surface area (Å²) >= 11 is 0. The standard InChI is InChI=1S/C21H21FN8O/c22-14-2-1-3-15(10-14)25-20-16-12-30(21(31)18-11-24-29-28-18)9-6-17(16)26-19(27-20)13-4-7-23-8-5-13/h1-5,7-8,10,18,24,28-29H,6,9,11-12H2,(H,25,26,27). The lowest BCUT2D eigenvalue weighted by Gasteiger charge is -2.31. The molecule has 3 aromatic rings. The van der Waals surface area contributed by atoms with Crippen LogP contribution in [-0.4, -0.2) is 44.9 Å². The Balaban J connectivity index is 1.51. The fourth-order valence-electron chi connectivity index (χ4n) is 3.75. The SMILES string of the molecule is O=C(C1CNNN1)N1CCc2nc(-c3ccncc3)nc(Nc3cccc(F)c3)c2C1. The third kappa shape index (κ3) is 4.08. The minimum atomic E-state index is -0.341. The van der Waals surface area contributed by atoms with E-state index in [9.17, 15) is 9.18 Å². The van der Waals surface area contributed by atoms with Crippen LogP contribution in [0.25, 0.3) is 11.4 Å². The molecule has 4 heterocycles. The van der Waals surface area contributed by atoms with Gasteiger partial charge >= 0.3 is 0 Å². The van der Waals surface area contributed by atoms with Crippen molar-refractivity contribution >= 4 is 17.4 Å². The van der Waals surface area contributed by atoms with Gasteiger partial charge in [0.25, 0.3) is 0 Å². The molecule has 0 saturated carbocycles. The molecule has 10 heteroatoms. The zero-order valence-corrected chi connectivity index (χ0v) is 16.6. The van der Waals surface area contributed by atoms with Crippen molar-refractivity contribution in [2.45, 2.75) is 19.0 Å². The fourth-order valence-corrected chi connectivity index (χ4v) is 3.75. The lowest BCUT2D eigenvalue weighted by Crippen LogP contribution is -2.48. The van der Waals surface area contributed by atoms with Crippen LogP contribution in [-0.2, 0) is 17.8 Å². The first-order chi connectivity index (χ1) is 15.2. The van der Waals surface area contributed by atoms with E-state index in [0.29, 0.717) is 43.4 Å². The van der Waals surface area contributed by atoms with Gasteiger partial charge in [0, 0.05) is 48.7 Å². The number of hydrazine groups is 2. The van der Waals surface area contributed by atoms with Gasteiger partial charge in [-0.15, -0.1) is 0 Å². The topological polar surface area (TPSA) is 107 Å². The van der Waals surface area contributed by atoms with Crippen LogP contribution in [0, 0.1) is 5.82 Å². The number of carbonyl (C=O) groups excluding carboxylic acids is 1. The highest BCUT2D eigenvalue weighted by molar-refractivity contribution is 5.83. The van der Waals surface area contributed by atoms with Gasteiger partial charge in [0.2, 0.25) is 5.91 Å². The highest BCUT2D eigenvalue weighted by Gasteiger charge is 2.31. The molecule has 0 spiro atoms. The van der Waals surface area contributed by atoms with E-state index in [1.807, 2.05) is 12.1 Å².